The topological polar surface area (TPSA) is 9.72 Å². The molecule has 0 bridgehead atoms. The van der Waals surface area contributed by atoms with E-state index in [-0.39, 0.29) is 0 Å². The Kier molecular flexibility index (Phi) is 4.68. The highest BCUT2D eigenvalue weighted by Gasteiger charge is 2.30. The van der Waals surface area contributed by atoms with Crippen molar-refractivity contribution in [1.29, 1.82) is 0 Å². The van der Waals surface area contributed by atoms with E-state index >= 15 is 0 Å². The first-order valence-electron chi connectivity index (χ1n) is 7.61. The van der Waals surface area contributed by atoms with Crippen LogP contribution >= 0.6 is 0 Å². The average molecular weight is 253 g/mol. The van der Waals surface area contributed by atoms with Crippen molar-refractivity contribution in [3.8, 4) is 0 Å². The van der Waals surface area contributed by atoms with Gasteiger partial charge in [-0.2, -0.15) is 0 Å². The number of hydrogen-bond acceptors (Lipinski definition) is 3. The first-order chi connectivity index (χ1) is 8.45. The second kappa shape index (κ2) is 5.89. The molecule has 2 fully saturated rings. The Bertz CT molecular complexity index is 251. The molecule has 0 aliphatic carbocycles. The van der Waals surface area contributed by atoms with E-state index in [2.05, 4.69) is 42.5 Å². The van der Waals surface area contributed by atoms with Crippen LogP contribution in [0.15, 0.2) is 0 Å². The summed E-state index contributed by atoms with van der Waals surface area (Å²) in [5.74, 6) is 0.934. The molecule has 1 unspecified atom stereocenters. The van der Waals surface area contributed by atoms with Crippen LogP contribution in [0.1, 0.15) is 33.6 Å². The minimum absolute atomic E-state index is 0.364. The van der Waals surface area contributed by atoms with Crippen molar-refractivity contribution in [2.75, 3.05) is 52.9 Å². The number of rotatable bonds is 3. The fraction of sp³-hybridized carbons (Fsp3) is 1.00. The summed E-state index contributed by atoms with van der Waals surface area (Å²) in [6.07, 6.45) is 2.81. The number of piperazine rings is 1. The molecular formula is C15H31N3. The van der Waals surface area contributed by atoms with Crippen molar-refractivity contribution >= 4 is 0 Å². The number of likely N-dealkylation sites (tertiary alicyclic amines) is 1. The molecule has 0 N–H and O–H groups in total. The van der Waals surface area contributed by atoms with E-state index < -0.39 is 0 Å². The lowest BCUT2D eigenvalue weighted by molar-refractivity contribution is 0.141. The molecule has 2 aliphatic heterocycles. The van der Waals surface area contributed by atoms with Gasteiger partial charge in [0.15, 0.2) is 0 Å². The average Bonchev–Trinajstić information content (AvgIpc) is 2.77. The van der Waals surface area contributed by atoms with E-state index in [1.807, 2.05) is 0 Å². The van der Waals surface area contributed by atoms with Crippen LogP contribution in [0.2, 0.25) is 0 Å². The van der Waals surface area contributed by atoms with Gasteiger partial charge < -0.3 is 9.80 Å². The quantitative estimate of drug-likeness (QED) is 0.759. The van der Waals surface area contributed by atoms with Gasteiger partial charge in [0.25, 0.3) is 0 Å². The summed E-state index contributed by atoms with van der Waals surface area (Å²) >= 11 is 0. The molecule has 2 saturated heterocycles. The Morgan fingerprint density at radius 3 is 2.22 bits per heavy atom. The molecule has 18 heavy (non-hydrogen) atoms. The van der Waals surface area contributed by atoms with Crippen molar-refractivity contribution in [3.05, 3.63) is 0 Å². The van der Waals surface area contributed by atoms with Gasteiger partial charge in [0.1, 0.15) is 0 Å². The standard InChI is InChI=1S/C15H31N3/c1-15(2,3)18-8-6-14(13-18)5-7-17-11-9-16(4)10-12-17/h14H,5-13H2,1-4H3. The third-order valence-electron chi connectivity index (χ3n) is 4.68. The summed E-state index contributed by atoms with van der Waals surface area (Å²) in [5, 5.41) is 0. The van der Waals surface area contributed by atoms with Gasteiger partial charge in [0, 0.05) is 38.3 Å². The third kappa shape index (κ3) is 3.94. The molecule has 1 atom stereocenters. The van der Waals surface area contributed by atoms with Gasteiger partial charge in [-0.05, 0) is 59.7 Å². The number of hydrogen-bond donors (Lipinski definition) is 0. The molecule has 3 heteroatoms. The lowest BCUT2D eigenvalue weighted by atomic mass is 10.0. The van der Waals surface area contributed by atoms with Gasteiger partial charge in [-0.15, -0.1) is 0 Å². The molecule has 0 saturated carbocycles. The predicted molar refractivity (Wildman–Crippen MR) is 78.0 cm³/mol. The third-order valence-corrected chi connectivity index (χ3v) is 4.68. The molecule has 2 rings (SSSR count). The van der Waals surface area contributed by atoms with E-state index in [4.69, 9.17) is 0 Å². The van der Waals surface area contributed by atoms with Crippen LogP contribution in [0.5, 0.6) is 0 Å². The normalized spacial score (nSPS) is 29.0. The Morgan fingerprint density at radius 1 is 1.00 bits per heavy atom. The van der Waals surface area contributed by atoms with E-state index in [1.165, 1.54) is 58.7 Å². The molecule has 0 aromatic rings. The molecule has 3 nitrogen and oxygen atoms in total. The van der Waals surface area contributed by atoms with Crippen molar-refractivity contribution in [2.24, 2.45) is 5.92 Å². The van der Waals surface area contributed by atoms with Gasteiger partial charge in [0.05, 0.1) is 0 Å². The smallest absolute Gasteiger partial charge is 0.0125 e. The second-order valence-electron chi connectivity index (χ2n) is 7.21. The van der Waals surface area contributed by atoms with Gasteiger partial charge in [-0.1, -0.05) is 0 Å². The molecule has 0 aromatic carbocycles. The van der Waals surface area contributed by atoms with Gasteiger partial charge >= 0.3 is 0 Å². The number of nitrogens with zero attached hydrogens (tertiary/aromatic N) is 3. The van der Waals surface area contributed by atoms with Crippen LogP contribution in [-0.2, 0) is 0 Å². The van der Waals surface area contributed by atoms with E-state index in [9.17, 15) is 0 Å². The van der Waals surface area contributed by atoms with E-state index in [0.29, 0.717) is 5.54 Å². The second-order valence-corrected chi connectivity index (χ2v) is 7.21. The largest absolute Gasteiger partial charge is 0.304 e. The molecule has 0 spiro atoms. The zero-order valence-electron chi connectivity index (χ0n) is 12.8. The maximum atomic E-state index is 2.65. The molecule has 2 heterocycles. The van der Waals surface area contributed by atoms with E-state index in [1.54, 1.807) is 0 Å². The Balaban J connectivity index is 1.66. The minimum Gasteiger partial charge on any atom is -0.304 e. The number of likely N-dealkylation sites (N-methyl/N-ethyl adjacent to an activating group) is 1. The van der Waals surface area contributed by atoms with E-state index in [0.717, 1.165) is 5.92 Å². The van der Waals surface area contributed by atoms with Gasteiger partial charge in [0.2, 0.25) is 0 Å². The first-order valence-corrected chi connectivity index (χ1v) is 7.61. The molecule has 0 radical (unpaired) electrons. The van der Waals surface area contributed by atoms with Crippen LogP contribution in [0.4, 0.5) is 0 Å². The first kappa shape index (κ1) is 14.3. The van der Waals surface area contributed by atoms with Crippen LogP contribution in [0.3, 0.4) is 0 Å². The molecule has 2 aliphatic rings. The Hall–Kier alpha value is -0.120. The zero-order valence-corrected chi connectivity index (χ0v) is 12.8. The van der Waals surface area contributed by atoms with Gasteiger partial charge in [-0.3, -0.25) is 4.90 Å². The monoisotopic (exact) mass is 253 g/mol. The SMILES string of the molecule is CN1CCN(CCC2CCN(C(C)(C)C)C2)CC1. The van der Waals surface area contributed by atoms with Crippen molar-refractivity contribution in [3.63, 3.8) is 0 Å². The Morgan fingerprint density at radius 2 is 1.67 bits per heavy atom. The molecule has 0 amide bonds. The predicted octanol–water partition coefficient (Wildman–Crippen LogP) is 1.74. The Labute approximate surface area is 113 Å². The highest BCUT2D eigenvalue weighted by molar-refractivity contribution is 4.85. The highest BCUT2D eigenvalue weighted by Crippen LogP contribution is 2.26. The summed E-state index contributed by atoms with van der Waals surface area (Å²) in [7, 11) is 2.23. The van der Waals surface area contributed by atoms with Crippen molar-refractivity contribution in [1.82, 2.24) is 14.7 Å². The lowest BCUT2D eigenvalue weighted by Crippen LogP contribution is -2.45. The minimum atomic E-state index is 0.364. The fourth-order valence-electron chi connectivity index (χ4n) is 3.11. The van der Waals surface area contributed by atoms with Gasteiger partial charge in [-0.25, -0.2) is 0 Å². The summed E-state index contributed by atoms with van der Waals surface area (Å²) in [6, 6.07) is 0. The van der Waals surface area contributed by atoms with Crippen molar-refractivity contribution in [2.45, 2.75) is 39.2 Å². The van der Waals surface area contributed by atoms with Crippen LogP contribution in [0.25, 0.3) is 0 Å². The maximum Gasteiger partial charge on any atom is 0.0125 e. The molecule has 0 aromatic heterocycles. The summed E-state index contributed by atoms with van der Waals surface area (Å²) in [4.78, 5) is 7.74. The van der Waals surface area contributed by atoms with Crippen LogP contribution in [-0.4, -0.2) is 73.1 Å². The lowest BCUT2D eigenvalue weighted by Gasteiger charge is -2.33. The molecule has 106 valence electrons. The zero-order chi connectivity index (χ0) is 13.2. The van der Waals surface area contributed by atoms with Crippen LogP contribution in [0, 0.1) is 5.92 Å². The van der Waals surface area contributed by atoms with Crippen LogP contribution < -0.4 is 0 Å². The highest BCUT2D eigenvalue weighted by atomic mass is 15.2. The summed E-state index contributed by atoms with van der Waals surface area (Å²) in [6.45, 7) is 16.0. The molecular weight excluding hydrogens is 222 g/mol. The maximum absolute atomic E-state index is 2.65. The van der Waals surface area contributed by atoms with Crippen molar-refractivity contribution < 1.29 is 0 Å². The summed E-state index contributed by atoms with van der Waals surface area (Å²) in [5.41, 5.74) is 0.364. The summed E-state index contributed by atoms with van der Waals surface area (Å²) < 4.78 is 0. The fourth-order valence-corrected chi connectivity index (χ4v) is 3.11.